The molecule has 4 heteroatoms. The number of hydrogen-bond donors (Lipinski definition) is 2. The minimum Gasteiger partial charge on any atom is -0.398 e. The Labute approximate surface area is 76.2 Å². The van der Waals surface area contributed by atoms with Gasteiger partial charge in [0.1, 0.15) is 0 Å². The Bertz CT molecular complexity index is 470. The van der Waals surface area contributed by atoms with Crippen molar-refractivity contribution in [1.29, 1.82) is 0 Å². The average Bonchev–Trinajstić information content (AvgIpc) is 2.37. The second kappa shape index (κ2) is 2.39. The summed E-state index contributed by atoms with van der Waals surface area (Å²) in [6, 6.07) is 3.73. The number of nitrogen functional groups attached to an aromatic ring is 2. The van der Waals surface area contributed by atoms with Crippen LogP contribution >= 0.6 is 0 Å². The molecule has 68 valence electrons. The Hall–Kier alpha value is -1.71. The SMILES string of the molecule is Cc1c(N)ccc2nc(N)n(C)c12. The molecule has 0 bridgehead atoms. The van der Waals surface area contributed by atoms with E-state index in [9.17, 15) is 0 Å². The van der Waals surface area contributed by atoms with Crippen molar-refractivity contribution in [2.24, 2.45) is 7.05 Å². The lowest BCUT2D eigenvalue weighted by atomic mass is 10.1. The predicted molar refractivity (Wildman–Crippen MR) is 54.3 cm³/mol. The van der Waals surface area contributed by atoms with E-state index in [2.05, 4.69) is 4.98 Å². The van der Waals surface area contributed by atoms with Gasteiger partial charge in [0.2, 0.25) is 5.95 Å². The lowest BCUT2D eigenvalue weighted by Gasteiger charge is -2.02. The Kier molecular flexibility index (Phi) is 1.45. The number of aromatic nitrogens is 2. The molecular weight excluding hydrogens is 164 g/mol. The number of fused-ring (bicyclic) bond motifs is 1. The van der Waals surface area contributed by atoms with Gasteiger partial charge in [0, 0.05) is 12.7 Å². The molecule has 0 aliphatic rings. The minimum atomic E-state index is 0.517. The van der Waals surface area contributed by atoms with Crippen LogP contribution < -0.4 is 11.5 Å². The molecule has 0 unspecified atom stereocenters. The quantitative estimate of drug-likeness (QED) is 0.589. The van der Waals surface area contributed by atoms with E-state index in [4.69, 9.17) is 11.5 Å². The fraction of sp³-hybridized carbons (Fsp3) is 0.222. The number of aryl methyl sites for hydroxylation is 2. The van der Waals surface area contributed by atoms with Crippen LogP contribution in [0.15, 0.2) is 12.1 Å². The lowest BCUT2D eigenvalue weighted by Crippen LogP contribution is -1.98. The highest BCUT2D eigenvalue weighted by Gasteiger charge is 2.08. The van der Waals surface area contributed by atoms with Crippen molar-refractivity contribution in [2.75, 3.05) is 11.5 Å². The van der Waals surface area contributed by atoms with E-state index >= 15 is 0 Å². The number of imidazole rings is 1. The average molecular weight is 176 g/mol. The summed E-state index contributed by atoms with van der Waals surface area (Å²) < 4.78 is 1.85. The zero-order valence-corrected chi connectivity index (χ0v) is 7.70. The maximum Gasteiger partial charge on any atom is 0.200 e. The van der Waals surface area contributed by atoms with Gasteiger partial charge < -0.3 is 16.0 Å². The van der Waals surface area contributed by atoms with Gasteiger partial charge in [-0.15, -0.1) is 0 Å². The molecular formula is C9H12N4. The summed E-state index contributed by atoms with van der Waals surface area (Å²) in [5.74, 6) is 0.517. The third-order valence-corrected chi connectivity index (χ3v) is 2.37. The molecule has 1 aromatic heterocycles. The fourth-order valence-electron chi connectivity index (χ4n) is 1.53. The molecule has 0 spiro atoms. The van der Waals surface area contributed by atoms with E-state index in [1.54, 1.807) is 0 Å². The van der Waals surface area contributed by atoms with E-state index in [1.165, 1.54) is 0 Å². The van der Waals surface area contributed by atoms with Crippen LogP contribution in [0.25, 0.3) is 11.0 Å². The lowest BCUT2D eigenvalue weighted by molar-refractivity contribution is 0.961. The summed E-state index contributed by atoms with van der Waals surface area (Å²) in [4.78, 5) is 4.20. The van der Waals surface area contributed by atoms with Crippen molar-refractivity contribution in [3.05, 3.63) is 17.7 Å². The van der Waals surface area contributed by atoms with Crippen LogP contribution in [0.1, 0.15) is 5.56 Å². The predicted octanol–water partition coefficient (Wildman–Crippen LogP) is 1.05. The molecule has 2 aromatic rings. The molecule has 0 saturated carbocycles. The first kappa shape index (κ1) is 7.91. The highest BCUT2D eigenvalue weighted by atomic mass is 15.1. The van der Waals surface area contributed by atoms with Crippen LogP contribution in [-0.4, -0.2) is 9.55 Å². The number of anilines is 2. The summed E-state index contributed by atoms with van der Waals surface area (Å²) in [7, 11) is 1.89. The van der Waals surface area contributed by atoms with Crippen molar-refractivity contribution >= 4 is 22.7 Å². The van der Waals surface area contributed by atoms with Gasteiger partial charge in [-0.2, -0.15) is 0 Å². The third-order valence-electron chi connectivity index (χ3n) is 2.37. The van der Waals surface area contributed by atoms with Crippen LogP contribution in [0, 0.1) is 6.92 Å². The maximum absolute atomic E-state index is 5.78. The Balaban J connectivity index is 2.97. The van der Waals surface area contributed by atoms with E-state index in [0.29, 0.717) is 5.95 Å². The van der Waals surface area contributed by atoms with Gasteiger partial charge in [-0.1, -0.05) is 0 Å². The Morgan fingerprint density at radius 1 is 1.31 bits per heavy atom. The summed E-state index contributed by atoms with van der Waals surface area (Å²) >= 11 is 0. The monoisotopic (exact) mass is 176 g/mol. The van der Waals surface area contributed by atoms with Crippen molar-refractivity contribution < 1.29 is 0 Å². The molecule has 0 aliphatic carbocycles. The molecule has 1 aromatic carbocycles. The highest BCUT2D eigenvalue weighted by Crippen LogP contribution is 2.24. The normalized spacial score (nSPS) is 10.9. The summed E-state index contributed by atoms with van der Waals surface area (Å²) in [5.41, 5.74) is 15.2. The smallest absolute Gasteiger partial charge is 0.200 e. The van der Waals surface area contributed by atoms with Gasteiger partial charge >= 0.3 is 0 Å². The molecule has 0 saturated heterocycles. The molecule has 0 fully saturated rings. The third kappa shape index (κ3) is 0.950. The van der Waals surface area contributed by atoms with Crippen molar-refractivity contribution in [2.45, 2.75) is 6.92 Å². The first-order valence-corrected chi connectivity index (χ1v) is 4.08. The molecule has 2 rings (SSSR count). The van der Waals surface area contributed by atoms with Gasteiger partial charge in [0.05, 0.1) is 11.0 Å². The summed E-state index contributed by atoms with van der Waals surface area (Å²) in [6.07, 6.45) is 0. The second-order valence-corrected chi connectivity index (χ2v) is 3.18. The Morgan fingerprint density at radius 2 is 2.00 bits per heavy atom. The van der Waals surface area contributed by atoms with Crippen LogP contribution in [0.3, 0.4) is 0 Å². The van der Waals surface area contributed by atoms with Crippen molar-refractivity contribution in [3.8, 4) is 0 Å². The standard InChI is InChI=1S/C9H12N4/c1-5-6(10)3-4-7-8(5)13(2)9(11)12-7/h3-4H,10H2,1-2H3,(H2,11,12). The van der Waals surface area contributed by atoms with Gasteiger partial charge in [0.25, 0.3) is 0 Å². The van der Waals surface area contributed by atoms with Crippen LogP contribution in [0.5, 0.6) is 0 Å². The molecule has 1 heterocycles. The van der Waals surface area contributed by atoms with Crippen molar-refractivity contribution in [3.63, 3.8) is 0 Å². The summed E-state index contributed by atoms with van der Waals surface area (Å²) in [5, 5.41) is 0. The van der Waals surface area contributed by atoms with Crippen molar-refractivity contribution in [1.82, 2.24) is 9.55 Å². The highest BCUT2D eigenvalue weighted by molar-refractivity contribution is 5.85. The summed E-state index contributed by atoms with van der Waals surface area (Å²) in [6.45, 7) is 1.97. The fourth-order valence-corrected chi connectivity index (χ4v) is 1.53. The first-order chi connectivity index (χ1) is 6.11. The molecule has 0 amide bonds. The number of benzene rings is 1. The molecule has 13 heavy (non-hydrogen) atoms. The minimum absolute atomic E-state index is 0.517. The van der Waals surface area contributed by atoms with Gasteiger partial charge in [-0.05, 0) is 24.6 Å². The Morgan fingerprint density at radius 3 is 2.69 bits per heavy atom. The van der Waals surface area contributed by atoms with Gasteiger partial charge in [0.15, 0.2) is 0 Å². The maximum atomic E-state index is 5.78. The van der Waals surface area contributed by atoms with E-state index in [1.807, 2.05) is 30.7 Å². The second-order valence-electron chi connectivity index (χ2n) is 3.18. The molecule has 4 N–H and O–H groups in total. The number of nitrogens with two attached hydrogens (primary N) is 2. The zero-order chi connectivity index (χ0) is 9.59. The van der Waals surface area contributed by atoms with Crippen LogP contribution in [0.2, 0.25) is 0 Å². The molecule has 4 nitrogen and oxygen atoms in total. The zero-order valence-electron chi connectivity index (χ0n) is 7.70. The number of nitrogens with zero attached hydrogens (tertiary/aromatic N) is 2. The van der Waals surface area contributed by atoms with E-state index in [-0.39, 0.29) is 0 Å². The number of rotatable bonds is 0. The topological polar surface area (TPSA) is 69.9 Å². The first-order valence-electron chi connectivity index (χ1n) is 4.08. The van der Waals surface area contributed by atoms with Gasteiger partial charge in [-0.3, -0.25) is 0 Å². The van der Waals surface area contributed by atoms with E-state index < -0.39 is 0 Å². The van der Waals surface area contributed by atoms with Crippen LogP contribution in [-0.2, 0) is 7.05 Å². The molecule has 0 atom stereocenters. The molecule has 0 radical (unpaired) electrons. The molecule has 0 aliphatic heterocycles. The van der Waals surface area contributed by atoms with Crippen LogP contribution in [0.4, 0.5) is 11.6 Å². The largest absolute Gasteiger partial charge is 0.398 e. The van der Waals surface area contributed by atoms with Gasteiger partial charge in [-0.25, -0.2) is 4.98 Å². The van der Waals surface area contributed by atoms with E-state index in [0.717, 1.165) is 22.3 Å². The number of hydrogen-bond acceptors (Lipinski definition) is 3.